The van der Waals surface area contributed by atoms with Crippen LogP contribution in [0.4, 0.5) is 10.2 Å². The fraction of sp³-hybridized carbons (Fsp3) is 0.667. The van der Waals surface area contributed by atoms with E-state index in [1.165, 1.54) is 12.5 Å². The molecule has 1 aromatic rings. The topological polar surface area (TPSA) is 28.2 Å². The Balaban J connectivity index is 1.88. The lowest BCUT2D eigenvalue weighted by Gasteiger charge is -2.34. The molecule has 4 heteroatoms. The second kappa shape index (κ2) is 6.85. The molecule has 0 aliphatic carbocycles. The number of halogens is 1. The SMILES string of the molecule is CC(C)CNCC1CCCN(c2ncccc2F)C1. The molecular formula is C15H24FN3. The number of hydrogen-bond acceptors (Lipinski definition) is 3. The van der Waals surface area contributed by atoms with Crippen LogP contribution in [0.3, 0.4) is 0 Å². The van der Waals surface area contributed by atoms with Crippen molar-refractivity contribution in [2.75, 3.05) is 31.1 Å². The summed E-state index contributed by atoms with van der Waals surface area (Å²) >= 11 is 0. The minimum atomic E-state index is -0.210. The average Bonchev–Trinajstić information content (AvgIpc) is 2.39. The predicted octanol–water partition coefficient (Wildman–Crippen LogP) is 2.68. The third-order valence-electron chi connectivity index (χ3n) is 3.54. The molecule has 106 valence electrons. The Morgan fingerprint density at radius 2 is 2.37 bits per heavy atom. The van der Waals surface area contributed by atoms with Gasteiger partial charge in [-0.05, 0) is 49.9 Å². The number of pyridine rings is 1. The fourth-order valence-corrected chi connectivity index (χ4v) is 2.61. The third kappa shape index (κ3) is 4.16. The first-order valence-corrected chi connectivity index (χ1v) is 7.23. The number of nitrogens with zero attached hydrogens (tertiary/aromatic N) is 2. The zero-order valence-corrected chi connectivity index (χ0v) is 11.9. The molecule has 1 N–H and O–H groups in total. The Kier molecular flexibility index (Phi) is 5.14. The number of piperidine rings is 1. The van der Waals surface area contributed by atoms with E-state index in [2.05, 4.69) is 29.0 Å². The zero-order valence-electron chi connectivity index (χ0n) is 11.9. The summed E-state index contributed by atoms with van der Waals surface area (Å²) in [6.07, 6.45) is 4.00. The standard InChI is InChI=1S/C15H24FN3/c1-12(2)9-17-10-13-5-4-8-19(11-13)15-14(16)6-3-7-18-15/h3,6-7,12-13,17H,4-5,8-11H2,1-2H3. The van der Waals surface area contributed by atoms with Crippen molar-refractivity contribution in [1.82, 2.24) is 10.3 Å². The summed E-state index contributed by atoms with van der Waals surface area (Å²) < 4.78 is 13.7. The molecule has 1 aromatic heterocycles. The second-order valence-corrected chi connectivity index (χ2v) is 5.82. The summed E-state index contributed by atoms with van der Waals surface area (Å²) in [6, 6.07) is 3.13. The smallest absolute Gasteiger partial charge is 0.165 e. The molecule has 19 heavy (non-hydrogen) atoms. The van der Waals surface area contributed by atoms with E-state index in [0.29, 0.717) is 17.7 Å². The van der Waals surface area contributed by atoms with Crippen molar-refractivity contribution in [3.05, 3.63) is 24.1 Å². The maximum Gasteiger partial charge on any atom is 0.165 e. The molecule has 2 heterocycles. The van der Waals surface area contributed by atoms with Crippen LogP contribution in [0, 0.1) is 17.7 Å². The highest BCUT2D eigenvalue weighted by Crippen LogP contribution is 2.23. The highest BCUT2D eigenvalue weighted by molar-refractivity contribution is 5.40. The largest absolute Gasteiger partial charge is 0.354 e. The van der Waals surface area contributed by atoms with Crippen LogP contribution >= 0.6 is 0 Å². The predicted molar refractivity (Wildman–Crippen MR) is 76.8 cm³/mol. The first-order chi connectivity index (χ1) is 9.16. The third-order valence-corrected chi connectivity index (χ3v) is 3.54. The number of anilines is 1. The van der Waals surface area contributed by atoms with E-state index in [0.717, 1.165) is 32.6 Å². The average molecular weight is 265 g/mol. The molecule has 1 atom stereocenters. The van der Waals surface area contributed by atoms with Gasteiger partial charge in [0.25, 0.3) is 0 Å². The van der Waals surface area contributed by atoms with Gasteiger partial charge in [0.2, 0.25) is 0 Å². The Morgan fingerprint density at radius 1 is 1.53 bits per heavy atom. The summed E-state index contributed by atoms with van der Waals surface area (Å²) in [5.74, 6) is 1.57. The van der Waals surface area contributed by atoms with Gasteiger partial charge in [0.1, 0.15) is 0 Å². The maximum atomic E-state index is 13.7. The fourth-order valence-electron chi connectivity index (χ4n) is 2.61. The van der Waals surface area contributed by atoms with E-state index in [1.54, 1.807) is 12.3 Å². The molecule has 0 radical (unpaired) electrons. The Morgan fingerprint density at radius 3 is 3.11 bits per heavy atom. The quantitative estimate of drug-likeness (QED) is 0.887. The van der Waals surface area contributed by atoms with Crippen LogP contribution < -0.4 is 10.2 Å². The Labute approximate surface area is 115 Å². The number of aromatic nitrogens is 1. The van der Waals surface area contributed by atoms with Crippen molar-refractivity contribution in [3.63, 3.8) is 0 Å². The van der Waals surface area contributed by atoms with Crippen LogP contribution in [0.5, 0.6) is 0 Å². The van der Waals surface area contributed by atoms with E-state index in [-0.39, 0.29) is 5.82 Å². The highest BCUT2D eigenvalue weighted by atomic mass is 19.1. The van der Waals surface area contributed by atoms with Crippen molar-refractivity contribution in [1.29, 1.82) is 0 Å². The molecule has 1 saturated heterocycles. The zero-order chi connectivity index (χ0) is 13.7. The van der Waals surface area contributed by atoms with Crippen molar-refractivity contribution in [3.8, 4) is 0 Å². The molecule has 1 fully saturated rings. The molecule has 1 aliphatic rings. The number of nitrogens with one attached hydrogen (secondary N) is 1. The van der Waals surface area contributed by atoms with Gasteiger partial charge < -0.3 is 10.2 Å². The van der Waals surface area contributed by atoms with Crippen LogP contribution in [0.1, 0.15) is 26.7 Å². The lowest BCUT2D eigenvalue weighted by Crippen LogP contribution is -2.41. The normalized spacial score (nSPS) is 20.0. The minimum Gasteiger partial charge on any atom is -0.354 e. The minimum absolute atomic E-state index is 0.210. The molecule has 1 unspecified atom stereocenters. The van der Waals surface area contributed by atoms with Crippen molar-refractivity contribution >= 4 is 5.82 Å². The van der Waals surface area contributed by atoms with Gasteiger partial charge in [-0.15, -0.1) is 0 Å². The van der Waals surface area contributed by atoms with Gasteiger partial charge in [-0.25, -0.2) is 9.37 Å². The summed E-state index contributed by atoms with van der Waals surface area (Å²) in [5.41, 5.74) is 0. The lowest BCUT2D eigenvalue weighted by molar-refractivity contribution is 0.379. The molecule has 2 rings (SSSR count). The molecule has 0 bridgehead atoms. The molecule has 0 aromatic carbocycles. The van der Waals surface area contributed by atoms with Crippen LogP contribution in [0.15, 0.2) is 18.3 Å². The summed E-state index contributed by atoms with van der Waals surface area (Å²) in [6.45, 7) is 8.30. The molecule has 3 nitrogen and oxygen atoms in total. The molecule has 1 aliphatic heterocycles. The van der Waals surface area contributed by atoms with Gasteiger partial charge >= 0.3 is 0 Å². The molecule has 0 spiro atoms. The van der Waals surface area contributed by atoms with Crippen molar-refractivity contribution in [2.45, 2.75) is 26.7 Å². The van der Waals surface area contributed by atoms with Gasteiger partial charge in [-0.3, -0.25) is 0 Å². The van der Waals surface area contributed by atoms with E-state index in [4.69, 9.17) is 0 Å². The van der Waals surface area contributed by atoms with Gasteiger partial charge in [0, 0.05) is 19.3 Å². The summed E-state index contributed by atoms with van der Waals surface area (Å²) in [4.78, 5) is 6.26. The first kappa shape index (κ1) is 14.3. The summed E-state index contributed by atoms with van der Waals surface area (Å²) in [7, 11) is 0. The maximum absolute atomic E-state index is 13.7. The lowest BCUT2D eigenvalue weighted by atomic mass is 9.97. The van der Waals surface area contributed by atoms with Gasteiger partial charge in [-0.2, -0.15) is 0 Å². The van der Waals surface area contributed by atoms with E-state index < -0.39 is 0 Å². The van der Waals surface area contributed by atoms with E-state index in [1.807, 2.05) is 0 Å². The summed E-state index contributed by atoms with van der Waals surface area (Å²) in [5, 5.41) is 3.50. The van der Waals surface area contributed by atoms with Gasteiger partial charge in [0.15, 0.2) is 11.6 Å². The first-order valence-electron chi connectivity index (χ1n) is 7.23. The van der Waals surface area contributed by atoms with E-state index in [9.17, 15) is 4.39 Å². The molecule has 0 saturated carbocycles. The van der Waals surface area contributed by atoms with Crippen LogP contribution in [-0.4, -0.2) is 31.2 Å². The van der Waals surface area contributed by atoms with Crippen LogP contribution in [0.25, 0.3) is 0 Å². The number of hydrogen-bond donors (Lipinski definition) is 1. The van der Waals surface area contributed by atoms with Crippen molar-refractivity contribution in [2.24, 2.45) is 11.8 Å². The van der Waals surface area contributed by atoms with Gasteiger partial charge in [0.05, 0.1) is 0 Å². The van der Waals surface area contributed by atoms with Crippen LogP contribution in [0.2, 0.25) is 0 Å². The molecular weight excluding hydrogens is 241 g/mol. The second-order valence-electron chi connectivity index (χ2n) is 5.82. The highest BCUT2D eigenvalue weighted by Gasteiger charge is 2.22. The Bertz CT molecular complexity index is 395. The van der Waals surface area contributed by atoms with Crippen LogP contribution in [-0.2, 0) is 0 Å². The van der Waals surface area contributed by atoms with Gasteiger partial charge in [-0.1, -0.05) is 13.8 Å². The number of rotatable bonds is 5. The monoisotopic (exact) mass is 265 g/mol. The Hall–Kier alpha value is -1.16. The van der Waals surface area contributed by atoms with Crippen molar-refractivity contribution < 1.29 is 4.39 Å². The molecule has 0 amide bonds. The van der Waals surface area contributed by atoms with E-state index >= 15 is 0 Å².